The van der Waals surface area contributed by atoms with Crippen LogP contribution in [-0.4, -0.2) is 18.2 Å². The van der Waals surface area contributed by atoms with Gasteiger partial charge >= 0.3 is 0 Å². The normalized spacial score (nSPS) is 11.3. The van der Waals surface area contributed by atoms with Crippen LogP contribution in [0.5, 0.6) is 5.75 Å². The molecule has 0 aliphatic heterocycles. The molecular formula is C25H45NO. The van der Waals surface area contributed by atoms with Crippen molar-refractivity contribution in [1.82, 2.24) is 0 Å². The fraction of sp³-hybridized carbons (Fsp3) is 0.760. The highest BCUT2D eigenvalue weighted by atomic mass is 16.3. The van der Waals surface area contributed by atoms with Crippen molar-refractivity contribution in [3.05, 3.63) is 23.8 Å². The number of rotatable bonds is 16. The maximum Gasteiger partial charge on any atom is 0.121 e. The average Bonchev–Trinajstić information content (AvgIpc) is 2.65. The largest absolute Gasteiger partial charge is 0.508 e. The highest BCUT2D eigenvalue weighted by Gasteiger charge is 2.11. The Morgan fingerprint density at radius 1 is 0.741 bits per heavy atom. The Hall–Kier alpha value is -1.18. The van der Waals surface area contributed by atoms with Gasteiger partial charge in [-0.15, -0.1) is 0 Å². The van der Waals surface area contributed by atoms with Gasteiger partial charge in [0.15, 0.2) is 0 Å². The van der Waals surface area contributed by atoms with Crippen LogP contribution < -0.4 is 4.90 Å². The first-order valence-corrected chi connectivity index (χ1v) is 11.7. The van der Waals surface area contributed by atoms with Crippen LogP contribution in [0, 0.1) is 0 Å². The third-order valence-electron chi connectivity index (χ3n) is 5.56. The second-order valence-electron chi connectivity index (χ2n) is 8.42. The third kappa shape index (κ3) is 10.1. The molecule has 0 amide bonds. The predicted molar refractivity (Wildman–Crippen MR) is 121 cm³/mol. The molecule has 0 aromatic heterocycles. The molecule has 0 heterocycles. The lowest BCUT2D eigenvalue weighted by atomic mass is 10.0. The SMILES string of the molecule is CCCCCCCCN(CCCCCCCC)c1ccc(C(C)C)c(O)c1. The van der Waals surface area contributed by atoms with Gasteiger partial charge in [-0.1, -0.05) is 98.0 Å². The van der Waals surface area contributed by atoms with Gasteiger partial charge in [0.1, 0.15) is 5.75 Å². The number of hydrogen-bond acceptors (Lipinski definition) is 2. The lowest BCUT2D eigenvalue weighted by Gasteiger charge is -2.26. The molecule has 1 aromatic rings. The number of anilines is 1. The van der Waals surface area contributed by atoms with Crippen molar-refractivity contribution >= 4 is 5.69 Å². The van der Waals surface area contributed by atoms with Gasteiger partial charge in [0, 0.05) is 24.8 Å². The molecular weight excluding hydrogens is 330 g/mol. The average molecular weight is 376 g/mol. The maximum atomic E-state index is 10.4. The summed E-state index contributed by atoms with van der Waals surface area (Å²) in [6.45, 7) is 11.0. The van der Waals surface area contributed by atoms with Crippen molar-refractivity contribution in [2.75, 3.05) is 18.0 Å². The van der Waals surface area contributed by atoms with E-state index in [9.17, 15) is 5.11 Å². The van der Waals surface area contributed by atoms with E-state index in [1.165, 1.54) is 82.7 Å². The Labute approximate surface area is 169 Å². The van der Waals surface area contributed by atoms with Crippen molar-refractivity contribution < 1.29 is 5.11 Å². The lowest BCUT2D eigenvalue weighted by molar-refractivity contribution is 0.464. The summed E-state index contributed by atoms with van der Waals surface area (Å²) in [5.74, 6) is 0.822. The molecule has 2 nitrogen and oxygen atoms in total. The molecule has 0 spiro atoms. The fourth-order valence-electron chi connectivity index (χ4n) is 3.75. The van der Waals surface area contributed by atoms with Crippen LogP contribution in [0.15, 0.2) is 18.2 Å². The summed E-state index contributed by atoms with van der Waals surface area (Å²) in [4.78, 5) is 2.50. The topological polar surface area (TPSA) is 23.5 Å². The van der Waals surface area contributed by atoms with Gasteiger partial charge in [0.05, 0.1) is 0 Å². The van der Waals surface area contributed by atoms with E-state index in [1.807, 2.05) is 6.07 Å². The second-order valence-corrected chi connectivity index (χ2v) is 8.42. The molecule has 0 fully saturated rings. The molecule has 0 radical (unpaired) electrons. The molecule has 0 aliphatic carbocycles. The Kier molecular flexibility index (Phi) is 13.1. The van der Waals surface area contributed by atoms with Gasteiger partial charge in [-0.05, 0) is 30.4 Å². The molecule has 0 atom stereocenters. The van der Waals surface area contributed by atoms with Crippen LogP contribution >= 0.6 is 0 Å². The molecule has 0 unspecified atom stereocenters. The van der Waals surface area contributed by atoms with E-state index < -0.39 is 0 Å². The van der Waals surface area contributed by atoms with Crippen LogP contribution in [0.25, 0.3) is 0 Å². The van der Waals surface area contributed by atoms with Gasteiger partial charge < -0.3 is 10.0 Å². The van der Waals surface area contributed by atoms with Gasteiger partial charge in [-0.25, -0.2) is 0 Å². The van der Waals surface area contributed by atoms with E-state index >= 15 is 0 Å². The van der Waals surface area contributed by atoms with Crippen LogP contribution in [0.3, 0.4) is 0 Å². The fourth-order valence-corrected chi connectivity index (χ4v) is 3.75. The predicted octanol–water partition coefficient (Wildman–Crippen LogP) is 8.04. The second kappa shape index (κ2) is 14.8. The monoisotopic (exact) mass is 375 g/mol. The molecule has 0 aliphatic rings. The molecule has 0 saturated carbocycles. The van der Waals surface area contributed by atoms with E-state index in [0.717, 1.165) is 18.7 Å². The molecule has 156 valence electrons. The molecule has 2 heteroatoms. The Morgan fingerprint density at radius 2 is 1.22 bits per heavy atom. The Balaban J connectivity index is 2.56. The minimum Gasteiger partial charge on any atom is -0.508 e. The Bertz CT molecular complexity index is 467. The molecule has 1 N–H and O–H groups in total. The lowest BCUT2D eigenvalue weighted by Crippen LogP contribution is -2.25. The van der Waals surface area contributed by atoms with Crippen LogP contribution in [0.1, 0.15) is 116 Å². The molecule has 27 heavy (non-hydrogen) atoms. The zero-order valence-corrected chi connectivity index (χ0v) is 18.6. The number of nitrogens with zero attached hydrogens (tertiary/aromatic N) is 1. The quantitative estimate of drug-likeness (QED) is 0.295. The smallest absolute Gasteiger partial charge is 0.121 e. The first-order valence-electron chi connectivity index (χ1n) is 11.7. The highest BCUT2D eigenvalue weighted by molar-refractivity contribution is 5.54. The third-order valence-corrected chi connectivity index (χ3v) is 5.56. The zero-order valence-electron chi connectivity index (χ0n) is 18.6. The van der Waals surface area contributed by atoms with Crippen LogP contribution in [0.2, 0.25) is 0 Å². The first kappa shape index (κ1) is 23.9. The van der Waals surface area contributed by atoms with Gasteiger partial charge in [0.2, 0.25) is 0 Å². The summed E-state index contributed by atoms with van der Waals surface area (Å²) in [5, 5.41) is 10.4. The zero-order chi connectivity index (χ0) is 19.9. The van der Waals surface area contributed by atoms with Crippen LogP contribution in [0.4, 0.5) is 5.69 Å². The number of aromatic hydroxyl groups is 1. The van der Waals surface area contributed by atoms with Crippen molar-refractivity contribution in [2.24, 2.45) is 0 Å². The van der Waals surface area contributed by atoms with Crippen molar-refractivity contribution in [2.45, 2.75) is 111 Å². The minimum absolute atomic E-state index is 0.365. The van der Waals surface area contributed by atoms with Crippen LogP contribution in [-0.2, 0) is 0 Å². The molecule has 1 aromatic carbocycles. The number of phenolic OH excluding ortho intramolecular Hbond substituents is 1. The van der Waals surface area contributed by atoms with Gasteiger partial charge in [-0.3, -0.25) is 0 Å². The molecule has 0 bridgehead atoms. The number of hydrogen-bond donors (Lipinski definition) is 1. The maximum absolute atomic E-state index is 10.4. The standard InChI is InChI=1S/C25H45NO/c1-5-7-9-11-13-15-19-26(20-16-14-12-10-8-6-2)23-17-18-24(22(3)4)25(27)21-23/h17-18,21-22,27H,5-16,19-20H2,1-4H3. The van der Waals surface area contributed by atoms with Gasteiger partial charge in [0.25, 0.3) is 0 Å². The summed E-state index contributed by atoms with van der Waals surface area (Å²) in [5.41, 5.74) is 2.25. The summed E-state index contributed by atoms with van der Waals surface area (Å²) >= 11 is 0. The van der Waals surface area contributed by atoms with Crippen molar-refractivity contribution in [3.63, 3.8) is 0 Å². The number of benzene rings is 1. The van der Waals surface area contributed by atoms with E-state index in [4.69, 9.17) is 0 Å². The highest BCUT2D eigenvalue weighted by Crippen LogP contribution is 2.30. The summed E-state index contributed by atoms with van der Waals surface area (Å²) < 4.78 is 0. The van der Waals surface area contributed by atoms with E-state index in [2.05, 4.69) is 44.7 Å². The number of unbranched alkanes of at least 4 members (excludes halogenated alkanes) is 10. The number of phenols is 1. The van der Waals surface area contributed by atoms with Crippen molar-refractivity contribution in [3.8, 4) is 5.75 Å². The summed E-state index contributed by atoms with van der Waals surface area (Å²) in [6, 6.07) is 6.32. The first-order chi connectivity index (χ1) is 13.1. The van der Waals surface area contributed by atoms with Gasteiger partial charge in [-0.2, -0.15) is 0 Å². The molecule has 0 saturated heterocycles. The van der Waals surface area contributed by atoms with E-state index in [0.29, 0.717) is 11.7 Å². The minimum atomic E-state index is 0.365. The van der Waals surface area contributed by atoms with E-state index in [1.54, 1.807) is 0 Å². The summed E-state index contributed by atoms with van der Waals surface area (Å²) in [7, 11) is 0. The molecule has 1 rings (SSSR count). The van der Waals surface area contributed by atoms with E-state index in [-0.39, 0.29) is 0 Å². The van der Waals surface area contributed by atoms with Crippen molar-refractivity contribution in [1.29, 1.82) is 0 Å². The Morgan fingerprint density at radius 3 is 1.67 bits per heavy atom. The summed E-state index contributed by atoms with van der Waals surface area (Å²) in [6.07, 6.45) is 16.0.